The number of nitrogens with zero attached hydrogens (tertiary/aromatic N) is 1. The number of hydrogen-bond donors (Lipinski definition) is 3. The largest absolute Gasteiger partial charge is 0.504 e. The fourth-order valence-electron chi connectivity index (χ4n) is 5.56. The number of aryl methyl sites for hydroxylation is 1. The van der Waals surface area contributed by atoms with Gasteiger partial charge in [0.15, 0.2) is 36.2 Å². The molecule has 0 atom stereocenters. The van der Waals surface area contributed by atoms with E-state index in [9.17, 15) is 44.7 Å². The Balaban J connectivity index is 1.51. The summed E-state index contributed by atoms with van der Waals surface area (Å²) in [6, 6.07) is 11.6. The molecule has 3 aromatic carbocycles. The highest BCUT2D eigenvalue weighted by Crippen LogP contribution is 2.50. The van der Waals surface area contributed by atoms with E-state index in [1.54, 1.807) is 18.2 Å². The van der Waals surface area contributed by atoms with E-state index in [1.165, 1.54) is 57.7 Å². The molecule has 272 valence electrons. The topological polar surface area (TPSA) is 149 Å². The predicted octanol–water partition coefficient (Wildman–Crippen LogP) is 6.49. The first kappa shape index (κ1) is 36.9. The van der Waals surface area contributed by atoms with Crippen molar-refractivity contribution in [3.8, 4) is 40.1 Å². The maximum atomic E-state index is 13.2. The van der Waals surface area contributed by atoms with Gasteiger partial charge >= 0.3 is 12.4 Å². The van der Waals surface area contributed by atoms with Gasteiger partial charge in [0.2, 0.25) is 21.8 Å². The minimum Gasteiger partial charge on any atom is -0.504 e. The zero-order valence-corrected chi connectivity index (χ0v) is 27.8. The Morgan fingerprint density at radius 2 is 1.63 bits per heavy atom. The number of alkyl halides is 6. The van der Waals surface area contributed by atoms with Gasteiger partial charge in [-0.25, -0.2) is 8.42 Å². The number of aromatic nitrogens is 2. The van der Waals surface area contributed by atoms with Crippen LogP contribution in [-0.4, -0.2) is 69.2 Å². The van der Waals surface area contributed by atoms with Crippen molar-refractivity contribution >= 4 is 37.6 Å². The summed E-state index contributed by atoms with van der Waals surface area (Å²) in [5.41, 5.74) is 0.926. The molecular weight excluding hydrogens is 712 g/mol. The molecule has 5 rings (SSSR count). The third-order valence-electron chi connectivity index (χ3n) is 7.49. The van der Waals surface area contributed by atoms with Crippen LogP contribution in [0.5, 0.6) is 28.9 Å². The zero-order valence-electron chi connectivity index (χ0n) is 27.0. The Kier molecular flexibility index (Phi) is 10.2. The number of phenols is 1. The number of nitrogens with one attached hydrogen (secondary N) is 2. The first-order valence-corrected chi connectivity index (χ1v) is 16.4. The summed E-state index contributed by atoms with van der Waals surface area (Å²) in [5, 5.41) is 10.8. The second-order valence-electron chi connectivity index (χ2n) is 11.2. The van der Waals surface area contributed by atoms with Crippen molar-refractivity contribution in [2.45, 2.75) is 31.5 Å². The Morgan fingerprint density at radius 1 is 0.922 bits per heavy atom. The van der Waals surface area contributed by atoms with Crippen LogP contribution in [0.15, 0.2) is 54.7 Å². The highest BCUT2D eigenvalue weighted by molar-refractivity contribution is 7.89. The summed E-state index contributed by atoms with van der Waals surface area (Å²) in [5.74, 6) is -2.83. The van der Waals surface area contributed by atoms with Crippen LogP contribution in [0.1, 0.15) is 16.7 Å². The Morgan fingerprint density at radius 3 is 2.27 bits per heavy atom. The second-order valence-corrected chi connectivity index (χ2v) is 12.9. The number of aromatic hydroxyl groups is 1. The number of aromatic amines is 1. The lowest BCUT2D eigenvalue weighted by molar-refractivity contribution is -0.154. The molecule has 0 aliphatic carbocycles. The van der Waals surface area contributed by atoms with Gasteiger partial charge in [-0.2, -0.15) is 26.3 Å². The zero-order chi connectivity index (χ0) is 37.3. The van der Waals surface area contributed by atoms with E-state index in [-0.39, 0.29) is 50.7 Å². The molecule has 0 aliphatic heterocycles. The van der Waals surface area contributed by atoms with E-state index in [1.807, 2.05) is 4.72 Å². The first-order chi connectivity index (χ1) is 23.9. The number of pyridine rings is 1. The summed E-state index contributed by atoms with van der Waals surface area (Å²) in [6.45, 7) is -2.02. The molecule has 5 aromatic rings. The average Bonchev–Trinajstić information content (AvgIpc) is 3.42. The van der Waals surface area contributed by atoms with Crippen LogP contribution in [0.4, 0.5) is 26.3 Å². The molecule has 1 amide bonds. The number of H-pyrrole nitrogens is 1. The molecule has 0 radical (unpaired) electrons. The number of carbonyl (C=O) groups is 1. The number of halogens is 6. The van der Waals surface area contributed by atoms with Crippen molar-refractivity contribution in [1.29, 1.82) is 0 Å². The smallest absolute Gasteiger partial charge is 0.422 e. The summed E-state index contributed by atoms with van der Waals surface area (Å²) >= 11 is 0. The third-order valence-corrected chi connectivity index (χ3v) is 8.74. The number of sulfonamides is 1. The van der Waals surface area contributed by atoms with E-state index >= 15 is 0 Å². The number of carbonyl (C=O) groups excluding carboxylic acids is 1. The lowest BCUT2D eigenvalue weighted by Gasteiger charge is -2.15. The van der Waals surface area contributed by atoms with Crippen LogP contribution in [0, 0.1) is 6.92 Å². The molecule has 3 N–H and O–H groups in total. The number of fused-ring (bicyclic) bond motifs is 3. The van der Waals surface area contributed by atoms with Gasteiger partial charge in [-0.15, -0.1) is 0 Å². The fourth-order valence-corrected chi connectivity index (χ4v) is 6.67. The van der Waals surface area contributed by atoms with Crippen LogP contribution in [-0.2, 0) is 27.0 Å². The molecule has 18 heteroatoms. The van der Waals surface area contributed by atoms with Crippen LogP contribution in [0.3, 0.4) is 0 Å². The van der Waals surface area contributed by atoms with Crippen molar-refractivity contribution in [2.24, 2.45) is 0 Å². The standard InChI is InChI=1S/C33H29F6N3O8S/c1-17-12-18(14-51(45,46)42-23(43)13-19-6-4-8-22(47-2)29(19)48-3)9-10-20(17)27-24-25(31(41-27)50-16-33(37,38)39)26-21(7-5-11-40-26)30(28(24)44)49-15-32(34,35)36/h4-12,41,44H,13-16H2,1-3H3,(H,42,43). The normalized spacial score (nSPS) is 12.3. The molecule has 0 bridgehead atoms. The van der Waals surface area contributed by atoms with E-state index in [0.29, 0.717) is 16.9 Å². The Hall–Kier alpha value is -5.39. The van der Waals surface area contributed by atoms with Crippen molar-refractivity contribution in [2.75, 3.05) is 27.4 Å². The summed E-state index contributed by atoms with van der Waals surface area (Å²) in [4.78, 5) is 19.6. The molecule has 0 spiro atoms. The lowest BCUT2D eigenvalue weighted by Crippen LogP contribution is -2.32. The van der Waals surface area contributed by atoms with E-state index in [2.05, 4.69) is 9.97 Å². The van der Waals surface area contributed by atoms with Gasteiger partial charge < -0.3 is 29.0 Å². The maximum Gasteiger partial charge on any atom is 0.422 e. The molecule has 0 unspecified atom stereocenters. The van der Waals surface area contributed by atoms with Crippen molar-refractivity contribution in [3.63, 3.8) is 0 Å². The maximum absolute atomic E-state index is 13.2. The molecule has 0 saturated heterocycles. The third kappa shape index (κ3) is 8.33. The lowest BCUT2D eigenvalue weighted by atomic mass is 9.98. The van der Waals surface area contributed by atoms with Crippen LogP contribution in [0.25, 0.3) is 32.9 Å². The Labute approximate surface area is 286 Å². The number of phenolic OH excluding ortho intramolecular Hbond substituents is 1. The minimum atomic E-state index is -4.80. The van der Waals surface area contributed by atoms with E-state index in [0.717, 1.165) is 0 Å². The van der Waals surface area contributed by atoms with Crippen molar-refractivity contribution in [1.82, 2.24) is 14.7 Å². The summed E-state index contributed by atoms with van der Waals surface area (Å²) < 4.78 is 128. The summed E-state index contributed by atoms with van der Waals surface area (Å²) in [7, 11) is -1.48. The van der Waals surface area contributed by atoms with Gasteiger partial charge in [-0.05, 0) is 36.2 Å². The number of amides is 1. The monoisotopic (exact) mass is 741 g/mol. The molecule has 2 heterocycles. The molecule has 0 saturated carbocycles. The molecule has 51 heavy (non-hydrogen) atoms. The van der Waals surface area contributed by atoms with Gasteiger partial charge in [0.05, 0.1) is 48.4 Å². The van der Waals surface area contributed by atoms with Gasteiger partial charge in [0.25, 0.3) is 0 Å². The SMILES string of the molecule is COc1cccc(CC(=O)NS(=O)(=O)Cc2ccc(-c3[nH]c(OCC(F)(F)F)c4c3c(O)c(OCC(F)(F)F)c3cccnc34)c(C)c2)c1OC. The quantitative estimate of drug-likeness (QED) is 0.122. The van der Waals surface area contributed by atoms with E-state index in [4.69, 9.17) is 18.9 Å². The van der Waals surface area contributed by atoms with Gasteiger partial charge in [-0.3, -0.25) is 14.5 Å². The van der Waals surface area contributed by atoms with Crippen LogP contribution in [0.2, 0.25) is 0 Å². The van der Waals surface area contributed by atoms with Gasteiger partial charge in [-0.1, -0.05) is 30.3 Å². The van der Waals surface area contributed by atoms with Crippen molar-refractivity contribution < 1.29 is 63.6 Å². The highest BCUT2D eigenvalue weighted by Gasteiger charge is 2.33. The van der Waals surface area contributed by atoms with Gasteiger partial charge in [0, 0.05) is 22.7 Å². The Bertz CT molecular complexity index is 2220. The molecule has 0 fully saturated rings. The van der Waals surface area contributed by atoms with Gasteiger partial charge in [0.1, 0.15) is 0 Å². The van der Waals surface area contributed by atoms with E-state index < -0.39 is 64.6 Å². The fraction of sp³-hybridized carbons (Fsp3) is 0.273. The highest BCUT2D eigenvalue weighted by atomic mass is 32.2. The summed E-state index contributed by atoms with van der Waals surface area (Å²) in [6.07, 6.45) is -8.68. The molecule has 0 aliphatic rings. The number of ether oxygens (including phenoxy) is 4. The molecule has 11 nitrogen and oxygen atoms in total. The minimum absolute atomic E-state index is 0.0727. The number of rotatable bonds is 12. The number of hydrogen-bond acceptors (Lipinski definition) is 9. The number of para-hydroxylation sites is 1. The number of benzene rings is 3. The first-order valence-electron chi connectivity index (χ1n) is 14.8. The second kappa shape index (κ2) is 14.1. The van der Waals surface area contributed by atoms with Crippen LogP contribution >= 0.6 is 0 Å². The number of methoxy groups -OCH3 is 2. The predicted molar refractivity (Wildman–Crippen MR) is 173 cm³/mol. The average molecular weight is 742 g/mol. The van der Waals surface area contributed by atoms with Crippen LogP contribution < -0.4 is 23.7 Å². The van der Waals surface area contributed by atoms with Crippen molar-refractivity contribution in [3.05, 3.63) is 71.4 Å². The molecular formula is C33H29F6N3O8S. The molecule has 2 aromatic heterocycles.